The number of carbonyl (C=O) groups is 1. The number of rotatable bonds is 5. The van der Waals surface area contributed by atoms with Gasteiger partial charge in [0.2, 0.25) is 5.91 Å². The van der Waals surface area contributed by atoms with Gasteiger partial charge in [-0.25, -0.2) is 9.97 Å². The molecule has 0 aliphatic rings. The van der Waals surface area contributed by atoms with Gasteiger partial charge in [0.1, 0.15) is 5.82 Å². The Morgan fingerprint density at radius 2 is 1.96 bits per heavy atom. The number of hydrogen-bond donors (Lipinski definition) is 1. The minimum Gasteiger partial charge on any atom is -0.274 e. The summed E-state index contributed by atoms with van der Waals surface area (Å²) < 4.78 is 37.5. The van der Waals surface area contributed by atoms with E-state index in [0.29, 0.717) is 16.5 Å². The van der Waals surface area contributed by atoms with Gasteiger partial charge < -0.3 is 0 Å². The second kappa shape index (κ2) is 8.17. The Balaban J connectivity index is 1.69. The molecule has 0 unspecified atom stereocenters. The van der Waals surface area contributed by atoms with Gasteiger partial charge in [0.15, 0.2) is 5.13 Å². The third kappa shape index (κ3) is 4.71. The van der Waals surface area contributed by atoms with E-state index in [4.69, 9.17) is 0 Å². The molecule has 0 radical (unpaired) electrons. The van der Waals surface area contributed by atoms with Crippen LogP contribution >= 0.6 is 11.3 Å². The smallest absolute Gasteiger partial charge is 0.274 e. The molecular weight excluding hydrogens is 391 g/mol. The van der Waals surface area contributed by atoms with Crippen molar-refractivity contribution in [1.82, 2.24) is 9.97 Å². The van der Waals surface area contributed by atoms with E-state index in [-0.39, 0.29) is 11.7 Å². The number of benzene rings is 1. The molecule has 0 atom stereocenters. The first kappa shape index (κ1) is 19.5. The quantitative estimate of drug-likeness (QED) is 0.494. The van der Waals surface area contributed by atoms with E-state index in [9.17, 15) is 18.0 Å². The standard InChI is InChI=1S/C18H14F3N5OS/c1-12(27)26(15-5-3-2-4-6-15)17-24-14(11-28-17)10-23-25-16-8-7-13(9-22-16)18(19,20)21/h2-11H,1H3,(H,22,25)/b23-10-. The number of amides is 1. The fourth-order valence-corrected chi connectivity index (χ4v) is 3.07. The zero-order valence-electron chi connectivity index (χ0n) is 14.5. The van der Waals surface area contributed by atoms with Crippen LogP contribution in [0.15, 0.2) is 59.1 Å². The van der Waals surface area contributed by atoms with Crippen LogP contribution in [0.1, 0.15) is 18.2 Å². The molecule has 0 saturated carbocycles. The summed E-state index contributed by atoms with van der Waals surface area (Å²) >= 11 is 1.27. The lowest BCUT2D eigenvalue weighted by molar-refractivity contribution is -0.137. The lowest BCUT2D eigenvalue weighted by Gasteiger charge is -2.17. The van der Waals surface area contributed by atoms with E-state index < -0.39 is 11.7 Å². The fourth-order valence-electron chi connectivity index (χ4n) is 2.23. The van der Waals surface area contributed by atoms with Crippen LogP contribution < -0.4 is 10.3 Å². The van der Waals surface area contributed by atoms with Crippen LogP contribution in [0.3, 0.4) is 0 Å². The second-order valence-corrected chi connectivity index (χ2v) is 6.38. The number of hydrazone groups is 1. The Kier molecular flexibility index (Phi) is 5.69. The predicted octanol–water partition coefficient (Wildman–Crippen LogP) is 4.69. The molecule has 3 aromatic rings. The van der Waals surface area contributed by atoms with E-state index in [1.165, 1.54) is 35.4 Å². The van der Waals surface area contributed by atoms with Gasteiger partial charge in [0.25, 0.3) is 0 Å². The van der Waals surface area contributed by atoms with Crippen molar-refractivity contribution in [3.05, 3.63) is 65.3 Å². The van der Waals surface area contributed by atoms with E-state index in [1.807, 2.05) is 18.2 Å². The maximum atomic E-state index is 12.5. The summed E-state index contributed by atoms with van der Waals surface area (Å²) in [6, 6.07) is 11.2. The van der Waals surface area contributed by atoms with Crippen molar-refractivity contribution in [2.24, 2.45) is 5.10 Å². The van der Waals surface area contributed by atoms with Crippen LogP contribution in [-0.4, -0.2) is 22.1 Å². The van der Waals surface area contributed by atoms with Gasteiger partial charge in [-0.2, -0.15) is 18.3 Å². The van der Waals surface area contributed by atoms with Gasteiger partial charge >= 0.3 is 6.18 Å². The highest BCUT2D eigenvalue weighted by Gasteiger charge is 2.30. The van der Waals surface area contributed by atoms with Crippen LogP contribution in [0.2, 0.25) is 0 Å². The van der Waals surface area contributed by atoms with Crippen LogP contribution in [0, 0.1) is 0 Å². The molecule has 0 bridgehead atoms. The molecule has 2 aromatic heterocycles. The summed E-state index contributed by atoms with van der Waals surface area (Å²) in [5, 5.41) is 6.10. The van der Waals surface area contributed by atoms with Gasteiger partial charge in [-0.3, -0.25) is 15.1 Å². The van der Waals surface area contributed by atoms with Crippen molar-refractivity contribution in [1.29, 1.82) is 0 Å². The van der Waals surface area contributed by atoms with Crippen molar-refractivity contribution in [3.63, 3.8) is 0 Å². The number of thiazole rings is 1. The van der Waals surface area contributed by atoms with Crippen LogP contribution in [-0.2, 0) is 11.0 Å². The van der Waals surface area contributed by atoms with Crippen LogP contribution in [0.5, 0.6) is 0 Å². The molecule has 144 valence electrons. The number of para-hydroxylation sites is 1. The number of nitrogens with zero attached hydrogens (tertiary/aromatic N) is 4. The molecule has 0 aliphatic heterocycles. The predicted molar refractivity (Wildman–Crippen MR) is 102 cm³/mol. The molecule has 10 heteroatoms. The Bertz CT molecular complexity index is 971. The van der Waals surface area contributed by atoms with Gasteiger partial charge in [-0.05, 0) is 24.3 Å². The lowest BCUT2D eigenvalue weighted by Crippen LogP contribution is -2.22. The van der Waals surface area contributed by atoms with Gasteiger partial charge in [-0.15, -0.1) is 11.3 Å². The number of nitrogens with one attached hydrogen (secondary N) is 1. The second-order valence-electron chi connectivity index (χ2n) is 5.54. The van der Waals surface area contributed by atoms with Crippen LogP contribution in [0.25, 0.3) is 0 Å². The molecule has 1 N–H and O–H groups in total. The van der Waals surface area contributed by atoms with Crippen molar-refractivity contribution >= 4 is 40.1 Å². The van der Waals surface area contributed by atoms with Crippen LogP contribution in [0.4, 0.5) is 29.8 Å². The summed E-state index contributed by atoms with van der Waals surface area (Å²) in [5.41, 5.74) is 2.89. The van der Waals surface area contributed by atoms with Crippen molar-refractivity contribution in [2.75, 3.05) is 10.3 Å². The Hall–Kier alpha value is -3.27. The Labute approximate surface area is 162 Å². The molecule has 6 nitrogen and oxygen atoms in total. The number of carbonyl (C=O) groups excluding carboxylic acids is 1. The number of aromatic nitrogens is 2. The molecule has 1 aromatic carbocycles. The maximum Gasteiger partial charge on any atom is 0.417 e. The first-order valence-electron chi connectivity index (χ1n) is 7.98. The van der Waals surface area contributed by atoms with Gasteiger partial charge in [0, 0.05) is 18.5 Å². The number of halogens is 3. The molecule has 2 heterocycles. The Morgan fingerprint density at radius 3 is 2.57 bits per heavy atom. The molecule has 0 aliphatic carbocycles. The zero-order valence-corrected chi connectivity index (χ0v) is 15.3. The number of pyridine rings is 1. The first-order valence-corrected chi connectivity index (χ1v) is 8.86. The maximum absolute atomic E-state index is 12.5. The summed E-state index contributed by atoms with van der Waals surface area (Å²) in [7, 11) is 0. The molecular formula is C18H14F3N5OS. The first-order chi connectivity index (χ1) is 13.3. The minimum absolute atomic E-state index is 0.161. The van der Waals surface area contributed by atoms with Gasteiger partial charge in [0.05, 0.1) is 23.2 Å². The Morgan fingerprint density at radius 1 is 1.21 bits per heavy atom. The largest absolute Gasteiger partial charge is 0.417 e. The van der Waals surface area contributed by atoms with E-state index >= 15 is 0 Å². The number of alkyl halides is 3. The monoisotopic (exact) mass is 405 g/mol. The van der Waals surface area contributed by atoms with Gasteiger partial charge in [-0.1, -0.05) is 18.2 Å². The zero-order chi connectivity index (χ0) is 20.1. The summed E-state index contributed by atoms with van der Waals surface area (Å²) in [5.74, 6) is -0.0227. The highest BCUT2D eigenvalue weighted by Crippen LogP contribution is 2.29. The molecule has 0 spiro atoms. The molecule has 0 saturated heterocycles. The van der Waals surface area contributed by atoms with Crippen molar-refractivity contribution in [2.45, 2.75) is 13.1 Å². The summed E-state index contributed by atoms with van der Waals surface area (Å²) in [4.78, 5) is 21.5. The SMILES string of the molecule is CC(=O)N(c1ccccc1)c1nc(/C=N\Nc2ccc(C(F)(F)F)cn2)cs1. The van der Waals surface area contributed by atoms with Crippen molar-refractivity contribution < 1.29 is 18.0 Å². The lowest BCUT2D eigenvalue weighted by atomic mass is 10.3. The fraction of sp³-hybridized carbons (Fsp3) is 0.111. The van der Waals surface area contributed by atoms with E-state index in [0.717, 1.165) is 12.3 Å². The van der Waals surface area contributed by atoms with E-state index in [2.05, 4.69) is 20.5 Å². The number of anilines is 3. The average Bonchev–Trinajstić information content (AvgIpc) is 3.10. The average molecular weight is 405 g/mol. The summed E-state index contributed by atoms with van der Waals surface area (Å²) in [6.07, 6.45) is -2.32. The highest BCUT2D eigenvalue weighted by molar-refractivity contribution is 7.14. The summed E-state index contributed by atoms with van der Waals surface area (Å²) in [6.45, 7) is 1.44. The normalized spacial score (nSPS) is 11.6. The third-order valence-corrected chi connectivity index (χ3v) is 4.34. The van der Waals surface area contributed by atoms with E-state index in [1.54, 1.807) is 17.5 Å². The molecule has 0 fully saturated rings. The molecule has 3 rings (SSSR count). The van der Waals surface area contributed by atoms with Crippen molar-refractivity contribution in [3.8, 4) is 0 Å². The number of hydrogen-bond acceptors (Lipinski definition) is 6. The topological polar surface area (TPSA) is 70.5 Å². The molecule has 28 heavy (non-hydrogen) atoms. The highest BCUT2D eigenvalue weighted by atomic mass is 32.1. The third-order valence-electron chi connectivity index (χ3n) is 3.50. The minimum atomic E-state index is -4.44. The molecule has 1 amide bonds.